The lowest BCUT2D eigenvalue weighted by Crippen LogP contribution is -2.22. The fraction of sp³-hybridized carbons (Fsp3) is 1.00. The molecule has 1 N–H and O–H groups in total. The van der Waals surface area contributed by atoms with Crippen molar-refractivity contribution >= 4 is 0 Å². The highest BCUT2D eigenvalue weighted by Crippen LogP contribution is 2.24. The van der Waals surface area contributed by atoms with E-state index in [2.05, 4.69) is 5.32 Å². The maximum absolute atomic E-state index is 5.68. The molecule has 0 aromatic rings. The number of ether oxygens (including phenoxy) is 2. The highest BCUT2D eigenvalue weighted by Gasteiger charge is 2.14. The Morgan fingerprint density at radius 1 is 1.00 bits per heavy atom. The lowest BCUT2D eigenvalue weighted by Gasteiger charge is -2.10. The molecule has 3 heteroatoms. The second-order valence-corrected chi connectivity index (χ2v) is 4.88. The highest BCUT2D eigenvalue weighted by molar-refractivity contribution is 4.66. The molecule has 102 valence electrons. The molecule has 0 spiro atoms. The van der Waals surface area contributed by atoms with E-state index < -0.39 is 0 Å². The zero-order chi connectivity index (χ0) is 12.2. The van der Waals surface area contributed by atoms with Gasteiger partial charge in [0, 0.05) is 26.4 Å². The fourth-order valence-electron chi connectivity index (χ4n) is 2.29. The van der Waals surface area contributed by atoms with Crippen LogP contribution in [-0.4, -0.2) is 39.5 Å². The van der Waals surface area contributed by atoms with Crippen LogP contribution in [0, 0.1) is 5.92 Å². The molecule has 0 bridgehead atoms. The minimum Gasteiger partial charge on any atom is -0.382 e. The van der Waals surface area contributed by atoms with E-state index in [-0.39, 0.29) is 0 Å². The molecule has 0 amide bonds. The van der Waals surface area contributed by atoms with Crippen molar-refractivity contribution in [3.8, 4) is 0 Å². The molecule has 17 heavy (non-hydrogen) atoms. The third kappa shape index (κ3) is 8.58. The summed E-state index contributed by atoms with van der Waals surface area (Å²) in [5.41, 5.74) is 0. The molecular formula is C14H29NO2. The van der Waals surface area contributed by atoms with Gasteiger partial charge in [0.15, 0.2) is 0 Å². The smallest absolute Gasteiger partial charge is 0.0591 e. The van der Waals surface area contributed by atoms with Crippen molar-refractivity contribution in [2.24, 2.45) is 5.92 Å². The summed E-state index contributed by atoms with van der Waals surface area (Å²) in [6.45, 7) is 7.69. The molecule has 0 aliphatic heterocycles. The summed E-state index contributed by atoms with van der Waals surface area (Å²) in [5.74, 6) is 0.848. The quantitative estimate of drug-likeness (QED) is 0.566. The summed E-state index contributed by atoms with van der Waals surface area (Å²) >= 11 is 0. The van der Waals surface area contributed by atoms with Gasteiger partial charge in [-0.3, -0.25) is 0 Å². The molecule has 0 unspecified atom stereocenters. The van der Waals surface area contributed by atoms with Crippen LogP contribution in [0.1, 0.15) is 45.4 Å². The highest BCUT2D eigenvalue weighted by atomic mass is 16.5. The predicted octanol–water partition coefficient (Wildman–Crippen LogP) is 2.60. The van der Waals surface area contributed by atoms with Crippen LogP contribution in [0.2, 0.25) is 0 Å². The standard InChI is InChI=1S/C14H29NO2/c1-2-16-11-6-5-9-15-10-12-17-13-14-7-3-4-8-14/h14-15H,2-13H2,1H3. The van der Waals surface area contributed by atoms with Crippen LogP contribution in [0.25, 0.3) is 0 Å². The van der Waals surface area contributed by atoms with Gasteiger partial charge in [-0.2, -0.15) is 0 Å². The molecule has 0 heterocycles. The Labute approximate surface area is 106 Å². The van der Waals surface area contributed by atoms with E-state index in [0.717, 1.165) is 51.9 Å². The normalized spacial score (nSPS) is 16.8. The molecule has 0 aromatic carbocycles. The average molecular weight is 243 g/mol. The third-order valence-corrected chi connectivity index (χ3v) is 3.35. The first kappa shape index (κ1) is 14.9. The first-order valence-electron chi connectivity index (χ1n) is 7.29. The van der Waals surface area contributed by atoms with Gasteiger partial charge in [0.25, 0.3) is 0 Å². The van der Waals surface area contributed by atoms with E-state index in [1.807, 2.05) is 6.92 Å². The zero-order valence-electron chi connectivity index (χ0n) is 11.4. The lowest BCUT2D eigenvalue weighted by molar-refractivity contribution is 0.103. The lowest BCUT2D eigenvalue weighted by atomic mass is 10.1. The van der Waals surface area contributed by atoms with Gasteiger partial charge < -0.3 is 14.8 Å². The number of rotatable bonds is 11. The van der Waals surface area contributed by atoms with Crippen LogP contribution < -0.4 is 5.32 Å². The SMILES string of the molecule is CCOCCCCNCCOCC1CCCC1. The summed E-state index contributed by atoms with van der Waals surface area (Å²) in [7, 11) is 0. The predicted molar refractivity (Wildman–Crippen MR) is 71.4 cm³/mol. The van der Waals surface area contributed by atoms with E-state index in [1.54, 1.807) is 0 Å². The molecule has 0 saturated heterocycles. The van der Waals surface area contributed by atoms with Crippen molar-refractivity contribution in [3.05, 3.63) is 0 Å². The number of unbranched alkanes of at least 4 members (excludes halogenated alkanes) is 1. The van der Waals surface area contributed by atoms with Gasteiger partial charge in [-0.25, -0.2) is 0 Å². The second kappa shape index (κ2) is 11.0. The van der Waals surface area contributed by atoms with Crippen molar-refractivity contribution in [2.45, 2.75) is 45.4 Å². The zero-order valence-corrected chi connectivity index (χ0v) is 11.4. The maximum atomic E-state index is 5.68. The van der Waals surface area contributed by atoms with Crippen LogP contribution in [0.15, 0.2) is 0 Å². The fourth-order valence-corrected chi connectivity index (χ4v) is 2.29. The Morgan fingerprint density at radius 3 is 2.59 bits per heavy atom. The van der Waals surface area contributed by atoms with Gasteiger partial charge in [-0.1, -0.05) is 12.8 Å². The number of nitrogens with one attached hydrogen (secondary N) is 1. The van der Waals surface area contributed by atoms with Gasteiger partial charge in [0.2, 0.25) is 0 Å². The Kier molecular flexibility index (Phi) is 9.66. The van der Waals surface area contributed by atoms with Crippen LogP contribution in [0.5, 0.6) is 0 Å². The molecule has 1 saturated carbocycles. The topological polar surface area (TPSA) is 30.5 Å². The monoisotopic (exact) mass is 243 g/mol. The van der Waals surface area contributed by atoms with Crippen molar-refractivity contribution in [2.75, 3.05) is 39.5 Å². The number of hydrogen-bond acceptors (Lipinski definition) is 3. The maximum Gasteiger partial charge on any atom is 0.0591 e. The summed E-state index contributed by atoms with van der Waals surface area (Å²) in [4.78, 5) is 0. The van der Waals surface area contributed by atoms with Crippen molar-refractivity contribution in [3.63, 3.8) is 0 Å². The van der Waals surface area contributed by atoms with Crippen LogP contribution in [0.3, 0.4) is 0 Å². The van der Waals surface area contributed by atoms with Crippen LogP contribution in [0.4, 0.5) is 0 Å². The van der Waals surface area contributed by atoms with Crippen LogP contribution >= 0.6 is 0 Å². The minimum absolute atomic E-state index is 0.836. The first-order valence-corrected chi connectivity index (χ1v) is 7.29. The molecule has 1 aliphatic carbocycles. The van der Waals surface area contributed by atoms with Crippen molar-refractivity contribution in [1.82, 2.24) is 5.32 Å². The molecular weight excluding hydrogens is 214 g/mol. The molecule has 0 radical (unpaired) electrons. The Bertz CT molecular complexity index is 158. The third-order valence-electron chi connectivity index (χ3n) is 3.35. The van der Waals surface area contributed by atoms with E-state index in [0.29, 0.717) is 0 Å². The van der Waals surface area contributed by atoms with Crippen molar-refractivity contribution < 1.29 is 9.47 Å². The Balaban J connectivity index is 1.69. The number of hydrogen-bond donors (Lipinski definition) is 1. The second-order valence-electron chi connectivity index (χ2n) is 4.88. The summed E-state index contributed by atoms with van der Waals surface area (Å²) in [6, 6.07) is 0. The van der Waals surface area contributed by atoms with Gasteiger partial charge in [0.1, 0.15) is 0 Å². The summed E-state index contributed by atoms with van der Waals surface area (Å²) in [5, 5.41) is 3.41. The largest absolute Gasteiger partial charge is 0.382 e. The molecule has 1 fully saturated rings. The van der Waals surface area contributed by atoms with E-state index >= 15 is 0 Å². The minimum atomic E-state index is 0.836. The van der Waals surface area contributed by atoms with E-state index in [9.17, 15) is 0 Å². The van der Waals surface area contributed by atoms with Gasteiger partial charge in [0.05, 0.1) is 6.61 Å². The molecule has 1 aliphatic rings. The van der Waals surface area contributed by atoms with Crippen molar-refractivity contribution in [1.29, 1.82) is 0 Å². The van der Waals surface area contributed by atoms with E-state index in [1.165, 1.54) is 32.1 Å². The Hall–Kier alpha value is -0.120. The van der Waals surface area contributed by atoms with Crippen LogP contribution in [-0.2, 0) is 9.47 Å². The van der Waals surface area contributed by atoms with Gasteiger partial charge in [-0.15, -0.1) is 0 Å². The van der Waals surface area contributed by atoms with E-state index in [4.69, 9.17) is 9.47 Å². The molecule has 1 rings (SSSR count). The van der Waals surface area contributed by atoms with Gasteiger partial charge in [-0.05, 0) is 45.1 Å². The first-order chi connectivity index (χ1) is 8.43. The Morgan fingerprint density at radius 2 is 1.82 bits per heavy atom. The van der Waals surface area contributed by atoms with Gasteiger partial charge >= 0.3 is 0 Å². The summed E-state index contributed by atoms with van der Waals surface area (Å²) < 4.78 is 11.0. The molecule has 3 nitrogen and oxygen atoms in total. The molecule has 0 atom stereocenters. The molecule has 0 aromatic heterocycles. The summed E-state index contributed by atoms with van der Waals surface area (Å²) in [6.07, 6.45) is 7.93. The average Bonchev–Trinajstić information content (AvgIpc) is 2.85.